The molecule has 1 aromatic heterocycles. The van der Waals surface area contributed by atoms with Crippen LogP contribution in [0.2, 0.25) is 0 Å². The molecule has 1 aliphatic rings. The van der Waals surface area contributed by atoms with Gasteiger partial charge in [-0.05, 0) is 26.0 Å². The first-order valence-electron chi connectivity index (χ1n) is 6.75. The van der Waals surface area contributed by atoms with Gasteiger partial charge in [0.15, 0.2) is 0 Å². The maximum absolute atomic E-state index is 12.4. The summed E-state index contributed by atoms with van der Waals surface area (Å²) < 4.78 is 5.62. The predicted molar refractivity (Wildman–Crippen MR) is 80.6 cm³/mol. The third kappa shape index (κ3) is 2.43. The number of carbonyl (C=O) groups is 1. The van der Waals surface area contributed by atoms with Gasteiger partial charge in [-0.1, -0.05) is 18.2 Å². The summed E-state index contributed by atoms with van der Waals surface area (Å²) in [6, 6.07) is 9.90. The zero-order valence-electron chi connectivity index (χ0n) is 11.6. The van der Waals surface area contributed by atoms with Gasteiger partial charge in [0.2, 0.25) is 0 Å². The van der Waals surface area contributed by atoms with E-state index in [2.05, 4.69) is 5.32 Å². The Balaban J connectivity index is 1.82. The van der Waals surface area contributed by atoms with Crippen molar-refractivity contribution in [3.8, 4) is 5.75 Å². The van der Waals surface area contributed by atoms with E-state index >= 15 is 0 Å². The Hall–Kier alpha value is -1.81. The topological polar surface area (TPSA) is 38.3 Å². The SMILES string of the molecule is Cc1cc(C(=O)N[C@@H]2CCOc3ccccc32)c(C)s1. The Morgan fingerprint density at radius 1 is 1.35 bits per heavy atom. The van der Waals surface area contributed by atoms with E-state index in [9.17, 15) is 4.79 Å². The summed E-state index contributed by atoms with van der Waals surface area (Å²) in [5.74, 6) is 0.885. The summed E-state index contributed by atoms with van der Waals surface area (Å²) in [6.45, 7) is 4.66. The molecule has 1 amide bonds. The molecule has 3 nitrogen and oxygen atoms in total. The summed E-state index contributed by atoms with van der Waals surface area (Å²) >= 11 is 1.66. The van der Waals surface area contributed by atoms with Crippen LogP contribution in [-0.2, 0) is 0 Å². The van der Waals surface area contributed by atoms with Crippen LogP contribution < -0.4 is 10.1 Å². The number of hydrogen-bond donors (Lipinski definition) is 1. The average Bonchev–Trinajstić information content (AvgIpc) is 2.78. The van der Waals surface area contributed by atoms with Crippen molar-refractivity contribution in [3.63, 3.8) is 0 Å². The van der Waals surface area contributed by atoms with E-state index in [-0.39, 0.29) is 11.9 Å². The molecule has 0 spiro atoms. The summed E-state index contributed by atoms with van der Waals surface area (Å²) in [5.41, 5.74) is 1.85. The van der Waals surface area contributed by atoms with Crippen molar-refractivity contribution in [3.05, 3.63) is 51.2 Å². The molecule has 104 valence electrons. The highest BCUT2D eigenvalue weighted by Gasteiger charge is 2.24. The first-order valence-corrected chi connectivity index (χ1v) is 7.56. The van der Waals surface area contributed by atoms with Gasteiger partial charge in [0, 0.05) is 21.7 Å². The highest BCUT2D eigenvalue weighted by Crippen LogP contribution is 2.32. The fraction of sp³-hybridized carbons (Fsp3) is 0.312. The number of hydrogen-bond acceptors (Lipinski definition) is 3. The Bertz CT molecular complexity index is 648. The van der Waals surface area contributed by atoms with Gasteiger partial charge in [0.25, 0.3) is 5.91 Å². The lowest BCUT2D eigenvalue weighted by molar-refractivity contribution is 0.0924. The minimum Gasteiger partial charge on any atom is -0.493 e. The molecule has 1 aliphatic heterocycles. The monoisotopic (exact) mass is 287 g/mol. The minimum absolute atomic E-state index is 0.00792. The Kier molecular flexibility index (Phi) is 3.49. The lowest BCUT2D eigenvalue weighted by atomic mass is 10.00. The first kappa shape index (κ1) is 13.2. The second-order valence-electron chi connectivity index (χ2n) is 5.03. The van der Waals surface area contributed by atoms with E-state index in [0.29, 0.717) is 6.61 Å². The molecule has 3 rings (SSSR count). The van der Waals surface area contributed by atoms with Crippen molar-refractivity contribution >= 4 is 17.2 Å². The second kappa shape index (κ2) is 5.29. The quantitative estimate of drug-likeness (QED) is 0.916. The van der Waals surface area contributed by atoms with Gasteiger partial charge in [-0.3, -0.25) is 4.79 Å². The van der Waals surface area contributed by atoms with Crippen LogP contribution in [-0.4, -0.2) is 12.5 Å². The number of fused-ring (bicyclic) bond motifs is 1. The van der Waals surface area contributed by atoms with E-state index in [1.807, 2.05) is 44.2 Å². The van der Waals surface area contributed by atoms with Crippen LogP contribution in [0.3, 0.4) is 0 Å². The highest BCUT2D eigenvalue weighted by atomic mass is 32.1. The largest absolute Gasteiger partial charge is 0.493 e. The van der Waals surface area contributed by atoms with Crippen molar-refractivity contribution in [1.82, 2.24) is 5.32 Å². The first-order chi connectivity index (χ1) is 9.65. The average molecular weight is 287 g/mol. The van der Waals surface area contributed by atoms with E-state index in [0.717, 1.165) is 28.2 Å². The molecule has 4 heteroatoms. The molecule has 20 heavy (non-hydrogen) atoms. The Morgan fingerprint density at radius 3 is 2.90 bits per heavy atom. The van der Waals surface area contributed by atoms with Gasteiger partial charge in [-0.2, -0.15) is 0 Å². The van der Waals surface area contributed by atoms with Gasteiger partial charge in [-0.25, -0.2) is 0 Å². The fourth-order valence-electron chi connectivity index (χ4n) is 2.58. The minimum atomic E-state index is 0.00792. The smallest absolute Gasteiger partial charge is 0.252 e. The molecule has 1 aromatic carbocycles. The summed E-state index contributed by atoms with van der Waals surface area (Å²) in [5, 5.41) is 3.13. The lowest BCUT2D eigenvalue weighted by Gasteiger charge is -2.26. The van der Waals surface area contributed by atoms with Gasteiger partial charge in [-0.15, -0.1) is 11.3 Å². The summed E-state index contributed by atoms with van der Waals surface area (Å²) in [6.07, 6.45) is 0.810. The van der Waals surface area contributed by atoms with Crippen LogP contribution in [0.25, 0.3) is 0 Å². The zero-order chi connectivity index (χ0) is 14.1. The molecule has 0 aliphatic carbocycles. The summed E-state index contributed by atoms with van der Waals surface area (Å²) in [4.78, 5) is 14.6. The third-order valence-corrected chi connectivity index (χ3v) is 4.52. The van der Waals surface area contributed by atoms with Crippen LogP contribution in [0.1, 0.15) is 38.1 Å². The van der Waals surface area contributed by atoms with Crippen molar-refractivity contribution < 1.29 is 9.53 Å². The standard InChI is InChI=1S/C16H17NO2S/c1-10-9-13(11(2)20-10)16(18)17-14-7-8-19-15-6-4-3-5-12(14)15/h3-6,9,14H,7-8H2,1-2H3,(H,17,18)/t14-/m1/s1. The molecule has 0 saturated carbocycles. The zero-order valence-corrected chi connectivity index (χ0v) is 12.4. The number of nitrogens with one attached hydrogen (secondary N) is 1. The fourth-order valence-corrected chi connectivity index (χ4v) is 3.51. The van der Waals surface area contributed by atoms with E-state index in [1.165, 1.54) is 4.88 Å². The Labute approximate surface area is 122 Å². The molecule has 0 unspecified atom stereocenters. The molecule has 0 fully saturated rings. The number of aryl methyl sites for hydroxylation is 2. The van der Waals surface area contributed by atoms with E-state index in [4.69, 9.17) is 4.74 Å². The number of amides is 1. The van der Waals surface area contributed by atoms with Crippen LogP contribution in [0.5, 0.6) is 5.75 Å². The third-order valence-electron chi connectivity index (χ3n) is 3.55. The number of rotatable bonds is 2. The molecule has 1 N–H and O–H groups in total. The molecule has 1 atom stereocenters. The van der Waals surface area contributed by atoms with Gasteiger partial charge in [0.1, 0.15) is 5.75 Å². The van der Waals surface area contributed by atoms with Crippen LogP contribution >= 0.6 is 11.3 Å². The normalized spacial score (nSPS) is 17.2. The maximum Gasteiger partial charge on any atom is 0.252 e. The molecule has 0 saturated heterocycles. The maximum atomic E-state index is 12.4. The van der Waals surface area contributed by atoms with Crippen LogP contribution in [0.15, 0.2) is 30.3 Å². The summed E-state index contributed by atoms with van der Waals surface area (Å²) in [7, 11) is 0. The molecule has 2 aromatic rings. The van der Waals surface area contributed by atoms with Crippen LogP contribution in [0.4, 0.5) is 0 Å². The van der Waals surface area contributed by atoms with E-state index < -0.39 is 0 Å². The number of carbonyl (C=O) groups excluding carboxylic acids is 1. The highest BCUT2D eigenvalue weighted by molar-refractivity contribution is 7.12. The molecular weight excluding hydrogens is 270 g/mol. The van der Waals surface area contributed by atoms with Gasteiger partial charge in [0.05, 0.1) is 18.2 Å². The second-order valence-corrected chi connectivity index (χ2v) is 6.49. The Morgan fingerprint density at radius 2 is 2.15 bits per heavy atom. The van der Waals surface area contributed by atoms with E-state index in [1.54, 1.807) is 11.3 Å². The molecule has 2 heterocycles. The molecular formula is C16H17NO2S. The number of ether oxygens (including phenoxy) is 1. The number of benzene rings is 1. The molecule has 0 radical (unpaired) electrons. The number of thiophene rings is 1. The van der Waals surface area contributed by atoms with Crippen molar-refractivity contribution in [1.29, 1.82) is 0 Å². The van der Waals surface area contributed by atoms with Gasteiger partial charge >= 0.3 is 0 Å². The van der Waals surface area contributed by atoms with Crippen LogP contribution in [0, 0.1) is 13.8 Å². The van der Waals surface area contributed by atoms with Crippen molar-refractivity contribution in [2.24, 2.45) is 0 Å². The lowest BCUT2D eigenvalue weighted by Crippen LogP contribution is -2.32. The predicted octanol–water partition coefficient (Wildman–Crippen LogP) is 3.62. The van der Waals surface area contributed by atoms with Crippen molar-refractivity contribution in [2.45, 2.75) is 26.3 Å². The molecule has 0 bridgehead atoms. The van der Waals surface area contributed by atoms with Crippen molar-refractivity contribution in [2.75, 3.05) is 6.61 Å². The van der Waals surface area contributed by atoms with Gasteiger partial charge < -0.3 is 10.1 Å². The number of para-hydroxylation sites is 1.